The Labute approximate surface area is 161 Å². The van der Waals surface area contributed by atoms with Crippen LogP contribution < -0.4 is 0 Å². The van der Waals surface area contributed by atoms with Crippen molar-refractivity contribution in [2.24, 2.45) is 0 Å². The lowest BCUT2D eigenvalue weighted by Gasteiger charge is -2.23. The van der Waals surface area contributed by atoms with Gasteiger partial charge in [0.1, 0.15) is 7.28 Å². The Morgan fingerprint density at radius 2 is 1.04 bits per heavy atom. The van der Waals surface area contributed by atoms with Gasteiger partial charge in [0.05, 0.1) is 0 Å². The Kier molecular flexibility index (Phi) is 16.2. The molecule has 1 aliphatic carbocycles. The minimum atomic E-state index is 0.925. The van der Waals surface area contributed by atoms with E-state index in [0.717, 1.165) is 11.6 Å². The van der Waals surface area contributed by atoms with E-state index in [-0.39, 0.29) is 0 Å². The van der Waals surface area contributed by atoms with E-state index in [2.05, 4.69) is 21.1 Å². The fourth-order valence-corrected chi connectivity index (χ4v) is 4.60. The van der Waals surface area contributed by atoms with Crippen LogP contribution in [0.1, 0.15) is 142 Å². The van der Waals surface area contributed by atoms with Gasteiger partial charge in [0.2, 0.25) is 0 Å². The molecule has 0 aliphatic heterocycles. The predicted octanol–water partition coefficient (Wildman–Crippen LogP) is 9.12. The second kappa shape index (κ2) is 17.5. The van der Waals surface area contributed by atoms with E-state index in [1.807, 2.05) is 0 Å². The molecule has 1 heteroatoms. The van der Waals surface area contributed by atoms with Gasteiger partial charge in [-0.2, -0.15) is 0 Å². The molecule has 0 aromatic rings. The third-order valence-electron chi connectivity index (χ3n) is 6.30. The fraction of sp³-hybridized carbons (Fsp3) is 1.00. The first-order chi connectivity index (χ1) is 12.4. The topological polar surface area (TPSA) is 0 Å². The SMILES string of the molecule is CCCCCCCC([B]C1CCCCCCCC1)CCCCCCC. The van der Waals surface area contributed by atoms with Gasteiger partial charge in [-0.1, -0.05) is 154 Å². The molecule has 147 valence electrons. The first-order valence-corrected chi connectivity index (χ1v) is 12.2. The van der Waals surface area contributed by atoms with E-state index in [9.17, 15) is 0 Å². The quantitative estimate of drug-likeness (QED) is 0.217. The lowest BCUT2D eigenvalue weighted by molar-refractivity contribution is 0.529. The summed E-state index contributed by atoms with van der Waals surface area (Å²) in [6.45, 7) is 4.65. The minimum absolute atomic E-state index is 0.925. The normalized spacial score (nSPS) is 17.2. The Bertz CT molecular complexity index is 239. The summed E-state index contributed by atoms with van der Waals surface area (Å²) in [5.74, 6) is 1.86. The van der Waals surface area contributed by atoms with Crippen molar-refractivity contribution in [2.45, 2.75) is 154 Å². The molecule has 0 saturated heterocycles. The van der Waals surface area contributed by atoms with E-state index in [1.54, 1.807) is 0 Å². The molecular weight excluding hydrogens is 299 g/mol. The predicted molar refractivity (Wildman–Crippen MR) is 117 cm³/mol. The van der Waals surface area contributed by atoms with Crippen molar-refractivity contribution in [1.29, 1.82) is 0 Å². The van der Waals surface area contributed by atoms with Crippen LogP contribution in [-0.2, 0) is 0 Å². The molecule has 0 N–H and O–H groups in total. The van der Waals surface area contributed by atoms with Crippen LogP contribution >= 0.6 is 0 Å². The van der Waals surface area contributed by atoms with Crippen LogP contribution in [0.25, 0.3) is 0 Å². The van der Waals surface area contributed by atoms with E-state index in [4.69, 9.17) is 0 Å². The zero-order valence-electron chi connectivity index (χ0n) is 17.9. The molecule has 1 fully saturated rings. The molecule has 0 amide bonds. The Balaban J connectivity index is 2.32. The van der Waals surface area contributed by atoms with Crippen LogP contribution in [0.15, 0.2) is 0 Å². The monoisotopic (exact) mass is 347 g/mol. The lowest BCUT2D eigenvalue weighted by Crippen LogP contribution is -2.12. The molecule has 0 heterocycles. The number of hydrogen-bond acceptors (Lipinski definition) is 0. The Morgan fingerprint density at radius 1 is 0.600 bits per heavy atom. The fourth-order valence-electron chi connectivity index (χ4n) is 4.60. The summed E-state index contributed by atoms with van der Waals surface area (Å²) in [4.78, 5) is 0. The van der Waals surface area contributed by atoms with Gasteiger partial charge in [0.25, 0.3) is 0 Å². The molecule has 0 atom stereocenters. The van der Waals surface area contributed by atoms with Crippen LogP contribution in [0.5, 0.6) is 0 Å². The van der Waals surface area contributed by atoms with Crippen molar-refractivity contribution in [2.75, 3.05) is 0 Å². The van der Waals surface area contributed by atoms with Crippen molar-refractivity contribution in [3.63, 3.8) is 0 Å². The van der Waals surface area contributed by atoms with Crippen LogP contribution in [0, 0.1) is 0 Å². The maximum absolute atomic E-state index is 2.85. The Hall–Kier alpha value is 0.0649. The third kappa shape index (κ3) is 13.9. The molecule has 0 aromatic heterocycles. The zero-order chi connectivity index (χ0) is 18.0. The number of unbranched alkanes of at least 4 members (excludes halogenated alkanes) is 8. The molecule has 0 unspecified atom stereocenters. The molecule has 1 saturated carbocycles. The molecule has 25 heavy (non-hydrogen) atoms. The minimum Gasteiger partial charge on any atom is -0.0686 e. The van der Waals surface area contributed by atoms with Crippen LogP contribution in [0.2, 0.25) is 11.6 Å². The zero-order valence-corrected chi connectivity index (χ0v) is 17.9. The summed E-state index contributed by atoms with van der Waals surface area (Å²) in [7, 11) is 2.85. The second-order valence-corrected chi connectivity index (χ2v) is 8.82. The van der Waals surface area contributed by atoms with E-state index >= 15 is 0 Å². The number of rotatable bonds is 14. The summed E-state index contributed by atoms with van der Waals surface area (Å²) in [6.07, 6.45) is 29.3. The standard InChI is InChI=1S/C24H48B/c1-3-5-7-11-15-19-23(20-16-12-8-6-4-2)25-24-21-17-13-9-10-14-18-22-24/h23-24H,3-22H2,1-2H3. The van der Waals surface area contributed by atoms with Crippen molar-refractivity contribution in [1.82, 2.24) is 0 Å². The molecule has 0 aromatic carbocycles. The highest BCUT2D eigenvalue weighted by Gasteiger charge is 2.18. The summed E-state index contributed by atoms with van der Waals surface area (Å²) in [5.41, 5.74) is 0. The summed E-state index contributed by atoms with van der Waals surface area (Å²) >= 11 is 0. The molecule has 0 bridgehead atoms. The maximum atomic E-state index is 2.85. The number of hydrogen-bond donors (Lipinski definition) is 0. The molecule has 1 aliphatic rings. The molecular formula is C24H48B. The van der Waals surface area contributed by atoms with Gasteiger partial charge in [-0.3, -0.25) is 0 Å². The van der Waals surface area contributed by atoms with Crippen molar-refractivity contribution in [3.05, 3.63) is 0 Å². The van der Waals surface area contributed by atoms with Crippen molar-refractivity contribution in [3.8, 4) is 0 Å². The van der Waals surface area contributed by atoms with Gasteiger partial charge in [-0.15, -0.1) is 0 Å². The van der Waals surface area contributed by atoms with Gasteiger partial charge in [0.15, 0.2) is 0 Å². The van der Waals surface area contributed by atoms with Gasteiger partial charge in [0, 0.05) is 0 Å². The first kappa shape index (κ1) is 23.1. The van der Waals surface area contributed by atoms with Gasteiger partial charge in [-0.25, -0.2) is 0 Å². The highest BCUT2D eigenvalue weighted by atomic mass is 14.1. The van der Waals surface area contributed by atoms with Crippen molar-refractivity contribution >= 4 is 7.28 Å². The van der Waals surface area contributed by atoms with Gasteiger partial charge in [-0.05, 0) is 0 Å². The molecule has 1 rings (SSSR count). The summed E-state index contributed by atoms with van der Waals surface area (Å²) in [6, 6.07) is 0. The van der Waals surface area contributed by atoms with E-state index < -0.39 is 0 Å². The lowest BCUT2D eigenvalue weighted by atomic mass is 9.50. The Morgan fingerprint density at radius 3 is 1.52 bits per heavy atom. The second-order valence-electron chi connectivity index (χ2n) is 8.82. The average molecular weight is 347 g/mol. The smallest absolute Gasteiger partial charge is 0.0686 e. The molecule has 0 nitrogen and oxygen atoms in total. The third-order valence-corrected chi connectivity index (χ3v) is 6.30. The van der Waals surface area contributed by atoms with Crippen LogP contribution in [0.4, 0.5) is 0 Å². The largest absolute Gasteiger partial charge is 0.117 e. The first-order valence-electron chi connectivity index (χ1n) is 12.2. The summed E-state index contributed by atoms with van der Waals surface area (Å²) < 4.78 is 0. The van der Waals surface area contributed by atoms with Crippen LogP contribution in [0.3, 0.4) is 0 Å². The van der Waals surface area contributed by atoms with Crippen molar-refractivity contribution < 1.29 is 0 Å². The van der Waals surface area contributed by atoms with Gasteiger partial charge < -0.3 is 0 Å². The average Bonchev–Trinajstić information content (AvgIpc) is 2.75. The molecule has 1 radical (unpaired) electrons. The summed E-state index contributed by atoms with van der Waals surface area (Å²) in [5, 5.41) is 0. The van der Waals surface area contributed by atoms with E-state index in [0.29, 0.717) is 0 Å². The highest BCUT2D eigenvalue weighted by Crippen LogP contribution is 2.33. The maximum Gasteiger partial charge on any atom is 0.117 e. The highest BCUT2D eigenvalue weighted by molar-refractivity contribution is 6.39. The van der Waals surface area contributed by atoms with E-state index in [1.165, 1.54) is 128 Å². The molecule has 0 spiro atoms. The van der Waals surface area contributed by atoms with Gasteiger partial charge >= 0.3 is 0 Å². The van der Waals surface area contributed by atoms with Crippen LogP contribution in [-0.4, -0.2) is 7.28 Å².